The molecule has 6 aromatic rings. The molecule has 0 aromatic carbocycles. The summed E-state index contributed by atoms with van der Waals surface area (Å²) in [6.45, 7) is 2.61. The predicted octanol–water partition coefficient (Wildman–Crippen LogP) is 3.20. The van der Waals surface area contributed by atoms with Gasteiger partial charge in [-0.2, -0.15) is 15.3 Å². The maximum Gasteiger partial charge on any atom is 0.258 e. The molecule has 6 aromatic heterocycles. The van der Waals surface area contributed by atoms with E-state index in [1.807, 2.05) is 59.4 Å². The highest BCUT2D eigenvalue weighted by molar-refractivity contribution is 6.01. The van der Waals surface area contributed by atoms with E-state index in [2.05, 4.69) is 39.2 Å². The summed E-state index contributed by atoms with van der Waals surface area (Å²) in [6.07, 6.45) is 11.7. The number of fused-ring (bicyclic) bond motifs is 3. The molecule has 10 nitrogen and oxygen atoms in total. The van der Waals surface area contributed by atoms with Gasteiger partial charge in [-0.25, -0.2) is 14.0 Å². The molecule has 1 N–H and O–H groups in total. The lowest BCUT2D eigenvalue weighted by atomic mass is 9.98. The molecule has 178 valence electrons. The first-order chi connectivity index (χ1) is 17.6. The summed E-state index contributed by atoms with van der Waals surface area (Å²) in [5.41, 5.74) is 8.09. The predicted molar refractivity (Wildman–Crippen MR) is 132 cm³/mol. The van der Waals surface area contributed by atoms with Gasteiger partial charge in [0.05, 0.1) is 46.7 Å². The minimum Gasteiger partial charge on any atom is -0.348 e. The molecule has 10 heteroatoms. The monoisotopic (exact) mass is 477 g/mol. The average molecular weight is 478 g/mol. The zero-order valence-electron chi connectivity index (χ0n) is 19.8. The van der Waals surface area contributed by atoms with E-state index in [9.17, 15) is 4.79 Å². The first-order valence-corrected chi connectivity index (χ1v) is 11.8. The van der Waals surface area contributed by atoms with Crippen molar-refractivity contribution in [2.75, 3.05) is 6.54 Å². The molecule has 0 unspecified atom stereocenters. The fourth-order valence-electron chi connectivity index (χ4n) is 5.15. The van der Waals surface area contributed by atoms with Gasteiger partial charge >= 0.3 is 0 Å². The van der Waals surface area contributed by atoms with Crippen LogP contribution in [0.4, 0.5) is 0 Å². The Hall–Kier alpha value is -4.73. The van der Waals surface area contributed by atoms with E-state index in [-0.39, 0.29) is 5.91 Å². The number of aryl methyl sites for hydroxylation is 2. The van der Waals surface area contributed by atoms with Gasteiger partial charge in [0.15, 0.2) is 0 Å². The zero-order chi connectivity index (χ0) is 24.4. The minimum absolute atomic E-state index is 0.0912. The van der Waals surface area contributed by atoms with Gasteiger partial charge in [-0.3, -0.25) is 9.48 Å². The highest BCUT2D eigenvalue weighted by Crippen LogP contribution is 2.35. The molecule has 0 aliphatic carbocycles. The third-order valence-electron chi connectivity index (χ3n) is 6.98. The number of H-pyrrole nitrogens is 1. The Morgan fingerprint density at radius 3 is 2.81 bits per heavy atom. The van der Waals surface area contributed by atoms with E-state index < -0.39 is 6.04 Å². The van der Waals surface area contributed by atoms with E-state index in [4.69, 9.17) is 5.10 Å². The molecule has 0 fully saturated rings. The number of carbonyl (C=O) groups is 1. The first kappa shape index (κ1) is 20.6. The highest BCUT2D eigenvalue weighted by atomic mass is 16.2. The van der Waals surface area contributed by atoms with Crippen molar-refractivity contribution >= 4 is 16.9 Å². The van der Waals surface area contributed by atoms with Crippen molar-refractivity contribution in [1.29, 1.82) is 0 Å². The van der Waals surface area contributed by atoms with Crippen LogP contribution in [0.5, 0.6) is 0 Å². The number of carbonyl (C=O) groups excluding carboxylic acids is 1. The van der Waals surface area contributed by atoms with E-state index in [1.54, 1.807) is 21.7 Å². The topological polar surface area (TPSA) is 101 Å². The van der Waals surface area contributed by atoms with Crippen molar-refractivity contribution in [1.82, 2.24) is 43.9 Å². The number of imidazole rings is 1. The zero-order valence-corrected chi connectivity index (χ0v) is 19.8. The second-order valence-corrected chi connectivity index (χ2v) is 9.22. The molecule has 0 saturated heterocycles. The van der Waals surface area contributed by atoms with E-state index >= 15 is 0 Å². The summed E-state index contributed by atoms with van der Waals surface area (Å²) in [5, 5.41) is 13.6. The minimum atomic E-state index is -0.392. The second kappa shape index (κ2) is 7.64. The number of pyridine rings is 2. The molecule has 1 atom stereocenters. The molecule has 7 rings (SSSR count). The number of hydrogen-bond donors (Lipinski definition) is 1. The maximum atomic E-state index is 14.0. The lowest BCUT2D eigenvalue weighted by Crippen LogP contribution is -2.41. The lowest BCUT2D eigenvalue weighted by Gasteiger charge is -2.33. The average Bonchev–Trinajstić information content (AvgIpc) is 3.68. The fourth-order valence-corrected chi connectivity index (χ4v) is 5.15. The van der Waals surface area contributed by atoms with E-state index in [0.717, 1.165) is 44.8 Å². The summed E-state index contributed by atoms with van der Waals surface area (Å²) in [7, 11) is 1.89. The lowest BCUT2D eigenvalue weighted by molar-refractivity contribution is 0.0689. The van der Waals surface area contributed by atoms with Gasteiger partial charge in [-0.15, -0.1) is 0 Å². The maximum absolute atomic E-state index is 14.0. The van der Waals surface area contributed by atoms with Gasteiger partial charge in [0.25, 0.3) is 5.91 Å². The second-order valence-electron chi connectivity index (χ2n) is 9.22. The summed E-state index contributed by atoms with van der Waals surface area (Å²) < 4.78 is 5.38. The van der Waals surface area contributed by atoms with Crippen molar-refractivity contribution < 1.29 is 4.79 Å². The quantitative estimate of drug-likeness (QED) is 0.422. The van der Waals surface area contributed by atoms with Crippen LogP contribution in [0.25, 0.3) is 22.2 Å². The number of aromatic nitrogens is 8. The molecule has 0 spiro atoms. The molecule has 0 radical (unpaired) electrons. The van der Waals surface area contributed by atoms with Crippen LogP contribution in [0.1, 0.15) is 39.0 Å². The Morgan fingerprint density at radius 2 is 1.97 bits per heavy atom. The summed E-state index contributed by atoms with van der Waals surface area (Å²) in [6, 6.07) is 9.63. The van der Waals surface area contributed by atoms with Crippen LogP contribution in [-0.2, 0) is 13.5 Å². The third-order valence-corrected chi connectivity index (χ3v) is 6.98. The molecular formula is C26H23N9O. The van der Waals surface area contributed by atoms with Gasteiger partial charge in [0, 0.05) is 55.4 Å². The number of nitrogens with one attached hydrogen (secondary N) is 1. The SMILES string of the molecule is Cc1cccn2nc([C@H]3c4nc[nH]c4CCN3C(=O)c3cnn4cc(-c5cnn(C)c5)ccc34)cc12. The largest absolute Gasteiger partial charge is 0.348 e. The highest BCUT2D eigenvalue weighted by Gasteiger charge is 2.37. The Bertz CT molecular complexity index is 1770. The van der Waals surface area contributed by atoms with Gasteiger partial charge in [0.1, 0.15) is 6.04 Å². The molecule has 1 aliphatic heterocycles. The standard InChI is InChI=1S/C26H23N9O/c1-16-4-3-8-34-23(16)10-21(31-34)25-24-20(27-15-28-24)7-9-33(25)26(36)19-12-30-35-14-17(5-6-22(19)35)18-11-29-32(2)13-18/h3-6,8,10-15,25H,7,9H2,1-2H3,(H,27,28)/t25-/m0/s1. The normalized spacial score (nSPS) is 15.6. The van der Waals surface area contributed by atoms with Crippen molar-refractivity contribution in [2.24, 2.45) is 7.05 Å². The molecule has 36 heavy (non-hydrogen) atoms. The Labute approximate surface area is 205 Å². The smallest absolute Gasteiger partial charge is 0.258 e. The van der Waals surface area contributed by atoms with E-state index in [1.165, 1.54) is 0 Å². The molecule has 0 bridgehead atoms. The number of rotatable bonds is 3. The number of hydrogen-bond acceptors (Lipinski definition) is 5. The fraction of sp³-hybridized carbons (Fsp3) is 0.192. The van der Waals surface area contributed by atoms with Crippen molar-refractivity contribution in [3.63, 3.8) is 0 Å². The Morgan fingerprint density at radius 1 is 1.06 bits per heavy atom. The first-order valence-electron chi connectivity index (χ1n) is 11.8. The van der Waals surface area contributed by atoms with Gasteiger partial charge in [-0.05, 0) is 30.7 Å². The number of nitrogens with zero attached hydrogens (tertiary/aromatic N) is 8. The third kappa shape index (κ3) is 3.07. The molecule has 1 amide bonds. The van der Waals surface area contributed by atoms with Gasteiger partial charge in [-0.1, -0.05) is 12.1 Å². The molecular weight excluding hydrogens is 454 g/mol. The van der Waals surface area contributed by atoms with Crippen LogP contribution < -0.4 is 0 Å². The van der Waals surface area contributed by atoms with Crippen molar-refractivity contribution in [3.8, 4) is 11.1 Å². The summed E-state index contributed by atoms with van der Waals surface area (Å²) in [4.78, 5) is 23.7. The van der Waals surface area contributed by atoms with E-state index in [0.29, 0.717) is 18.5 Å². The summed E-state index contributed by atoms with van der Waals surface area (Å²) in [5.74, 6) is -0.0912. The molecule has 7 heterocycles. The van der Waals surface area contributed by atoms with Crippen LogP contribution in [0.3, 0.4) is 0 Å². The van der Waals surface area contributed by atoms with Crippen LogP contribution in [0.15, 0.2) is 67.6 Å². The molecule has 1 aliphatic rings. The van der Waals surface area contributed by atoms with Crippen LogP contribution in [-0.4, -0.2) is 56.3 Å². The van der Waals surface area contributed by atoms with Crippen molar-refractivity contribution in [3.05, 3.63) is 95.9 Å². The Kier molecular flexibility index (Phi) is 4.38. The van der Waals surface area contributed by atoms with Gasteiger partial charge < -0.3 is 9.88 Å². The van der Waals surface area contributed by atoms with Crippen LogP contribution in [0, 0.1) is 6.92 Å². The molecule has 0 saturated carbocycles. The summed E-state index contributed by atoms with van der Waals surface area (Å²) >= 11 is 0. The Balaban J connectivity index is 1.31. The van der Waals surface area contributed by atoms with Crippen LogP contribution >= 0.6 is 0 Å². The number of aromatic amines is 1. The number of amides is 1. The van der Waals surface area contributed by atoms with Crippen LogP contribution in [0.2, 0.25) is 0 Å². The van der Waals surface area contributed by atoms with Crippen molar-refractivity contribution in [2.45, 2.75) is 19.4 Å². The van der Waals surface area contributed by atoms with Gasteiger partial charge in [0.2, 0.25) is 0 Å².